The Kier molecular flexibility index (Phi) is 4.95. The van der Waals surface area contributed by atoms with Gasteiger partial charge in [0, 0.05) is 6.20 Å². The number of halogens is 1. The molecule has 0 bridgehead atoms. The number of pyridine rings is 1. The van der Waals surface area contributed by atoms with Crippen LogP contribution in [0.5, 0.6) is 5.75 Å². The molecule has 0 unspecified atom stereocenters. The average molecular weight is 337 g/mol. The highest BCUT2D eigenvalue weighted by molar-refractivity contribution is 5.94. The van der Waals surface area contributed by atoms with Gasteiger partial charge in [-0.2, -0.15) is 0 Å². The lowest BCUT2D eigenvalue weighted by molar-refractivity contribution is 0.0952. The number of benzene rings is 1. The van der Waals surface area contributed by atoms with Crippen LogP contribution in [0.4, 0.5) is 4.39 Å². The second-order valence-corrected chi connectivity index (χ2v) is 5.23. The summed E-state index contributed by atoms with van der Waals surface area (Å²) in [4.78, 5) is 16.7. The van der Waals surface area contributed by atoms with Gasteiger partial charge >= 0.3 is 0 Å². The van der Waals surface area contributed by atoms with Gasteiger partial charge in [-0.05, 0) is 31.2 Å². The van der Waals surface area contributed by atoms with E-state index in [0.29, 0.717) is 11.4 Å². The van der Waals surface area contributed by atoms with E-state index in [0.717, 1.165) is 5.65 Å². The molecule has 0 aliphatic rings. The molecule has 25 heavy (non-hydrogen) atoms. The maximum absolute atomic E-state index is 13.4. The van der Waals surface area contributed by atoms with Crippen molar-refractivity contribution < 1.29 is 13.9 Å². The number of hydrogen-bond donors (Lipinski definition) is 1. The van der Waals surface area contributed by atoms with E-state index < -0.39 is 5.82 Å². The standard InChI is InChI=1S/C19H16FN3O2/c1-14-18(23-12-6-4-10-17(23)22-14)19(24)21-11-5-7-13-25-16-9-3-2-8-15(16)20/h2-4,6,8-10,12H,11,13H2,1H3,(H,21,24). The van der Waals surface area contributed by atoms with Crippen LogP contribution in [0.2, 0.25) is 0 Å². The van der Waals surface area contributed by atoms with Crippen LogP contribution in [0, 0.1) is 24.6 Å². The average Bonchev–Trinajstić information content (AvgIpc) is 2.95. The van der Waals surface area contributed by atoms with Gasteiger partial charge in [0.05, 0.1) is 12.2 Å². The molecule has 0 fully saturated rings. The molecule has 0 radical (unpaired) electrons. The molecular weight excluding hydrogens is 321 g/mol. The van der Waals surface area contributed by atoms with Crippen molar-refractivity contribution in [1.29, 1.82) is 0 Å². The summed E-state index contributed by atoms with van der Waals surface area (Å²) in [6.07, 6.45) is 1.79. The Morgan fingerprint density at radius 1 is 1.24 bits per heavy atom. The van der Waals surface area contributed by atoms with Crippen molar-refractivity contribution in [3.63, 3.8) is 0 Å². The van der Waals surface area contributed by atoms with Gasteiger partial charge in [0.15, 0.2) is 11.6 Å². The Morgan fingerprint density at radius 3 is 2.88 bits per heavy atom. The molecule has 3 aromatic rings. The zero-order valence-electron chi connectivity index (χ0n) is 13.6. The monoisotopic (exact) mass is 337 g/mol. The van der Waals surface area contributed by atoms with Crippen LogP contribution in [-0.2, 0) is 0 Å². The Hall–Kier alpha value is -3.33. The zero-order chi connectivity index (χ0) is 17.6. The smallest absolute Gasteiger partial charge is 0.270 e. The molecule has 0 aliphatic heterocycles. The first kappa shape index (κ1) is 16.5. The molecule has 5 nitrogen and oxygen atoms in total. The summed E-state index contributed by atoms with van der Waals surface area (Å²) in [6.45, 7) is 2.00. The summed E-state index contributed by atoms with van der Waals surface area (Å²) in [6, 6.07) is 11.7. The van der Waals surface area contributed by atoms with Crippen molar-refractivity contribution in [3.8, 4) is 17.6 Å². The van der Waals surface area contributed by atoms with E-state index in [1.54, 1.807) is 29.7 Å². The van der Waals surface area contributed by atoms with E-state index in [9.17, 15) is 9.18 Å². The van der Waals surface area contributed by atoms with Gasteiger partial charge in [-0.15, -0.1) is 0 Å². The molecule has 0 spiro atoms. The number of carbonyl (C=O) groups excluding carboxylic acids is 1. The van der Waals surface area contributed by atoms with E-state index in [2.05, 4.69) is 22.1 Å². The van der Waals surface area contributed by atoms with Gasteiger partial charge in [0.2, 0.25) is 0 Å². The Labute approximate surface area is 144 Å². The summed E-state index contributed by atoms with van der Waals surface area (Å²) in [5.41, 5.74) is 1.86. The third-order valence-corrected chi connectivity index (χ3v) is 3.52. The minimum Gasteiger partial charge on any atom is -0.478 e. The Balaban J connectivity index is 1.55. The number of ether oxygens (including phenoxy) is 1. The fraction of sp³-hybridized carbons (Fsp3) is 0.158. The van der Waals surface area contributed by atoms with Crippen LogP contribution in [0.1, 0.15) is 16.2 Å². The summed E-state index contributed by atoms with van der Waals surface area (Å²) < 4.78 is 20.3. The normalized spacial score (nSPS) is 10.2. The van der Waals surface area contributed by atoms with Crippen LogP contribution in [0.3, 0.4) is 0 Å². The van der Waals surface area contributed by atoms with Gasteiger partial charge in [-0.25, -0.2) is 9.37 Å². The number of aryl methyl sites for hydroxylation is 1. The third-order valence-electron chi connectivity index (χ3n) is 3.52. The van der Waals surface area contributed by atoms with Crippen LogP contribution in [-0.4, -0.2) is 28.4 Å². The van der Waals surface area contributed by atoms with Crippen molar-refractivity contribution in [2.45, 2.75) is 6.92 Å². The SMILES string of the molecule is Cc1nc2ccccn2c1C(=O)NCC#CCOc1ccccc1F. The molecule has 1 amide bonds. The second kappa shape index (κ2) is 7.49. The number of imidazole rings is 1. The highest BCUT2D eigenvalue weighted by atomic mass is 19.1. The first-order chi connectivity index (χ1) is 12.2. The van der Waals surface area contributed by atoms with Crippen LogP contribution in [0.15, 0.2) is 48.7 Å². The van der Waals surface area contributed by atoms with E-state index in [1.165, 1.54) is 12.1 Å². The quantitative estimate of drug-likeness (QED) is 0.745. The van der Waals surface area contributed by atoms with Crippen molar-refractivity contribution in [2.24, 2.45) is 0 Å². The molecule has 2 heterocycles. The van der Waals surface area contributed by atoms with Crippen LogP contribution < -0.4 is 10.1 Å². The van der Waals surface area contributed by atoms with Crippen molar-refractivity contribution in [2.75, 3.05) is 13.2 Å². The number of para-hydroxylation sites is 1. The number of rotatable bonds is 4. The maximum atomic E-state index is 13.4. The highest BCUT2D eigenvalue weighted by Gasteiger charge is 2.15. The molecule has 0 saturated heterocycles. The van der Waals surface area contributed by atoms with Crippen LogP contribution in [0.25, 0.3) is 5.65 Å². The molecule has 1 aromatic carbocycles. The number of carbonyl (C=O) groups is 1. The van der Waals surface area contributed by atoms with Gasteiger partial charge in [0.25, 0.3) is 5.91 Å². The minimum absolute atomic E-state index is 0.0471. The van der Waals surface area contributed by atoms with E-state index in [1.807, 2.05) is 18.2 Å². The van der Waals surface area contributed by atoms with Gasteiger partial charge < -0.3 is 10.1 Å². The molecule has 0 aliphatic carbocycles. The van der Waals surface area contributed by atoms with Crippen molar-refractivity contribution in [3.05, 3.63) is 65.9 Å². The molecule has 0 saturated carbocycles. The van der Waals surface area contributed by atoms with Gasteiger partial charge in [-0.1, -0.05) is 30.0 Å². The summed E-state index contributed by atoms with van der Waals surface area (Å²) in [5, 5.41) is 2.73. The predicted octanol–water partition coefficient (Wildman–Crippen LogP) is 2.59. The topological polar surface area (TPSA) is 55.6 Å². The molecule has 6 heteroatoms. The summed E-state index contributed by atoms with van der Waals surface area (Å²) in [5.74, 6) is 4.99. The van der Waals surface area contributed by atoms with E-state index >= 15 is 0 Å². The first-order valence-corrected chi connectivity index (χ1v) is 7.72. The number of hydrogen-bond acceptors (Lipinski definition) is 3. The highest BCUT2D eigenvalue weighted by Crippen LogP contribution is 2.14. The largest absolute Gasteiger partial charge is 0.478 e. The molecule has 3 rings (SSSR count). The van der Waals surface area contributed by atoms with Crippen molar-refractivity contribution in [1.82, 2.24) is 14.7 Å². The Bertz CT molecular complexity index is 969. The predicted molar refractivity (Wildman–Crippen MR) is 91.9 cm³/mol. The molecule has 0 atom stereocenters. The lowest BCUT2D eigenvalue weighted by Crippen LogP contribution is -2.25. The second-order valence-electron chi connectivity index (χ2n) is 5.23. The molecular formula is C19H16FN3O2. The Morgan fingerprint density at radius 2 is 2.04 bits per heavy atom. The number of nitrogens with zero attached hydrogens (tertiary/aromatic N) is 2. The number of aromatic nitrogens is 2. The van der Waals surface area contributed by atoms with E-state index in [-0.39, 0.29) is 24.8 Å². The van der Waals surface area contributed by atoms with Gasteiger partial charge in [-0.3, -0.25) is 9.20 Å². The molecule has 2 aromatic heterocycles. The third kappa shape index (κ3) is 3.78. The van der Waals surface area contributed by atoms with E-state index in [4.69, 9.17) is 4.74 Å². The fourth-order valence-corrected chi connectivity index (χ4v) is 2.38. The van der Waals surface area contributed by atoms with Crippen molar-refractivity contribution >= 4 is 11.6 Å². The first-order valence-electron chi connectivity index (χ1n) is 7.72. The lowest BCUT2D eigenvalue weighted by Gasteiger charge is -2.03. The number of fused-ring (bicyclic) bond motifs is 1. The number of amides is 1. The fourth-order valence-electron chi connectivity index (χ4n) is 2.38. The zero-order valence-corrected chi connectivity index (χ0v) is 13.6. The number of nitrogens with one attached hydrogen (secondary N) is 1. The summed E-state index contributed by atoms with van der Waals surface area (Å²) >= 11 is 0. The van der Waals surface area contributed by atoms with Crippen LogP contribution >= 0.6 is 0 Å². The molecule has 1 N–H and O–H groups in total. The molecule has 126 valence electrons. The van der Waals surface area contributed by atoms with Gasteiger partial charge in [0.1, 0.15) is 17.9 Å². The maximum Gasteiger partial charge on any atom is 0.270 e. The lowest BCUT2D eigenvalue weighted by atomic mass is 10.3. The minimum atomic E-state index is -0.430. The summed E-state index contributed by atoms with van der Waals surface area (Å²) in [7, 11) is 0.